The third kappa shape index (κ3) is 5.53. The van der Waals surface area contributed by atoms with Gasteiger partial charge in [-0.2, -0.15) is 8.78 Å². The monoisotopic (exact) mass is 348 g/mol. The second-order valence-electron chi connectivity index (χ2n) is 4.70. The largest absolute Gasteiger partial charge is 0.320 e. The summed E-state index contributed by atoms with van der Waals surface area (Å²) < 4.78 is 74.2. The highest BCUT2D eigenvalue weighted by Gasteiger charge is 2.41. The maximum absolute atomic E-state index is 12.7. The molecule has 0 saturated carbocycles. The predicted octanol–water partition coefficient (Wildman–Crippen LogP) is 2.42. The zero-order valence-corrected chi connectivity index (χ0v) is 13.0. The van der Waals surface area contributed by atoms with Crippen molar-refractivity contribution in [2.24, 2.45) is 0 Å². The summed E-state index contributed by atoms with van der Waals surface area (Å²) in [6.45, 7) is 2.62. The van der Waals surface area contributed by atoms with Crippen LogP contribution in [0.5, 0.6) is 0 Å². The van der Waals surface area contributed by atoms with Crippen LogP contribution >= 0.6 is 11.3 Å². The quantitative estimate of drug-likeness (QED) is 0.710. The van der Waals surface area contributed by atoms with E-state index in [0.717, 1.165) is 11.3 Å². The van der Waals surface area contributed by atoms with Gasteiger partial charge in [-0.1, -0.05) is 13.8 Å². The van der Waals surface area contributed by atoms with Gasteiger partial charge in [-0.05, 0) is 17.0 Å². The average Bonchev–Trinajstić information content (AvgIpc) is 2.83. The van der Waals surface area contributed by atoms with Crippen LogP contribution in [-0.2, 0) is 16.6 Å². The summed E-state index contributed by atoms with van der Waals surface area (Å²) in [5.41, 5.74) is 0.676. The fraction of sp³-hybridized carbons (Fsp3) is 0.636. The van der Waals surface area contributed by atoms with Crippen molar-refractivity contribution >= 4 is 21.4 Å². The number of rotatable bonds is 8. The summed E-state index contributed by atoms with van der Waals surface area (Å²) in [6.07, 6.45) is -3.92. The van der Waals surface area contributed by atoms with E-state index in [1.807, 2.05) is 13.8 Å². The Kier molecular flexibility index (Phi) is 6.14. The van der Waals surface area contributed by atoms with Crippen LogP contribution in [0, 0.1) is 0 Å². The van der Waals surface area contributed by atoms with Crippen molar-refractivity contribution in [2.45, 2.75) is 43.0 Å². The van der Waals surface area contributed by atoms with Gasteiger partial charge in [0, 0.05) is 12.6 Å². The first kappa shape index (κ1) is 18.3. The van der Waals surface area contributed by atoms with E-state index < -0.39 is 28.9 Å². The van der Waals surface area contributed by atoms with Crippen LogP contribution in [0.15, 0.2) is 15.7 Å². The summed E-state index contributed by atoms with van der Waals surface area (Å²) in [4.78, 5) is 0. The minimum atomic E-state index is -4.40. The molecule has 0 aliphatic carbocycles. The third-order valence-corrected chi connectivity index (χ3v) is 5.32. The highest BCUT2D eigenvalue weighted by atomic mass is 32.2. The Morgan fingerprint density at radius 3 is 2.48 bits per heavy atom. The van der Waals surface area contributed by atoms with Gasteiger partial charge in [-0.3, -0.25) is 0 Å². The van der Waals surface area contributed by atoms with Gasteiger partial charge in [-0.25, -0.2) is 21.9 Å². The molecule has 0 unspecified atom stereocenters. The molecule has 1 heterocycles. The van der Waals surface area contributed by atoms with Crippen molar-refractivity contribution in [3.05, 3.63) is 17.0 Å². The van der Waals surface area contributed by atoms with E-state index in [4.69, 9.17) is 0 Å². The van der Waals surface area contributed by atoms with Gasteiger partial charge in [0.05, 0.1) is 6.54 Å². The molecule has 0 radical (unpaired) electrons. The van der Waals surface area contributed by atoms with Crippen LogP contribution in [0.1, 0.15) is 19.4 Å². The molecule has 0 bridgehead atoms. The molecule has 0 aromatic carbocycles. The van der Waals surface area contributed by atoms with Gasteiger partial charge in [0.25, 0.3) is 0 Å². The van der Waals surface area contributed by atoms with Crippen LogP contribution in [0.3, 0.4) is 0 Å². The lowest BCUT2D eigenvalue weighted by Crippen LogP contribution is -2.41. The van der Waals surface area contributed by atoms with Crippen LogP contribution in [-0.4, -0.2) is 33.4 Å². The molecule has 1 aromatic heterocycles. The lowest BCUT2D eigenvalue weighted by molar-refractivity contribution is -0.122. The minimum absolute atomic E-state index is 0.187. The van der Waals surface area contributed by atoms with Crippen molar-refractivity contribution in [3.8, 4) is 0 Å². The van der Waals surface area contributed by atoms with Gasteiger partial charge in [-0.15, -0.1) is 11.3 Å². The lowest BCUT2D eigenvalue weighted by Gasteiger charge is -2.15. The first-order chi connectivity index (χ1) is 9.54. The topological polar surface area (TPSA) is 58.2 Å². The standard InChI is InChI=1S/C11H16F4N2O2S2/c1-7(2)16-4-8-3-9(20-5-8)21(18,19)17-6-11(14,15)10(12)13/h3,5,7,10,16-17H,4,6H2,1-2H3. The Labute approximate surface area is 124 Å². The van der Waals surface area contributed by atoms with E-state index in [9.17, 15) is 26.0 Å². The molecule has 0 aliphatic heterocycles. The number of alkyl halides is 4. The van der Waals surface area contributed by atoms with Crippen molar-refractivity contribution in [1.29, 1.82) is 0 Å². The van der Waals surface area contributed by atoms with E-state index in [1.54, 1.807) is 5.38 Å². The molecule has 1 aromatic rings. The Morgan fingerprint density at radius 2 is 1.95 bits per heavy atom. The van der Waals surface area contributed by atoms with Crippen LogP contribution in [0.2, 0.25) is 0 Å². The first-order valence-electron chi connectivity index (χ1n) is 6.01. The molecule has 21 heavy (non-hydrogen) atoms. The highest BCUT2D eigenvalue weighted by Crippen LogP contribution is 2.24. The van der Waals surface area contributed by atoms with E-state index in [0.29, 0.717) is 12.1 Å². The molecule has 1 rings (SSSR count). The summed E-state index contributed by atoms with van der Waals surface area (Å²) >= 11 is 0.844. The molecule has 122 valence electrons. The Bertz CT molecular complexity index is 558. The summed E-state index contributed by atoms with van der Waals surface area (Å²) in [6, 6.07) is 1.52. The number of nitrogens with one attached hydrogen (secondary N) is 2. The van der Waals surface area contributed by atoms with Crippen molar-refractivity contribution in [1.82, 2.24) is 10.0 Å². The molecule has 2 N–H and O–H groups in total. The van der Waals surface area contributed by atoms with Gasteiger partial charge >= 0.3 is 12.3 Å². The molecule has 0 amide bonds. The molecule has 0 atom stereocenters. The molecular formula is C11H16F4N2O2S2. The number of hydrogen-bond acceptors (Lipinski definition) is 4. The lowest BCUT2D eigenvalue weighted by atomic mass is 10.3. The van der Waals surface area contributed by atoms with E-state index >= 15 is 0 Å². The summed E-state index contributed by atoms with van der Waals surface area (Å²) in [5, 5.41) is 4.63. The predicted molar refractivity (Wildman–Crippen MR) is 72.4 cm³/mol. The fourth-order valence-corrected chi connectivity index (χ4v) is 3.55. The molecule has 0 aliphatic rings. The maximum Gasteiger partial charge on any atom is 0.320 e. The molecular weight excluding hydrogens is 332 g/mol. The van der Waals surface area contributed by atoms with Gasteiger partial charge in [0.1, 0.15) is 4.21 Å². The minimum Gasteiger partial charge on any atom is -0.310 e. The van der Waals surface area contributed by atoms with E-state index in [2.05, 4.69) is 5.32 Å². The van der Waals surface area contributed by atoms with Crippen LogP contribution in [0.4, 0.5) is 17.6 Å². The van der Waals surface area contributed by atoms with E-state index in [1.165, 1.54) is 10.8 Å². The fourth-order valence-electron chi connectivity index (χ4n) is 1.25. The van der Waals surface area contributed by atoms with Gasteiger partial charge < -0.3 is 5.32 Å². The molecule has 0 spiro atoms. The highest BCUT2D eigenvalue weighted by molar-refractivity contribution is 7.91. The van der Waals surface area contributed by atoms with Crippen LogP contribution in [0.25, 0.3) is 0 Å². The second-order valence-corrected chi connectivity index (χ2v) is 7.60. The molecule has 0 fully saturated rings. The molecule has 4 nitrogen and oxygen atoms in total. The number of halogens is 4. The SMILES string of the molecule is CC(C)NCc1csc(S(=O)(=O)NCC(F)(F)C(F)F)c1. The normalized spacial score (nSPS) is 13.3. The molecule has 0 saturated heterocycles. The van der Waals surface area contributed by atoms with Crippen molar-refractivity contribution < 1.29 is 26.0 Å². The summed E-state index contributed by atoms with van der Waals surface area (Å²) in [7, 11) is -4.22. The number of thiophene rings is 1. The maximum atomic E-state index is 12.7. The van der Waals surface area contributed by atoms with Crippen molar-refractivity contribution in [3.63, 3.8) is 0 Å². The number of hydrogen-bond donors (Lipinski definition) is 2. The number of sulfonamides is 1. The second kappa shape index (κ2) is 7.03. The molecule has 10 heteroatoms. The van der Waals surface area contributed by atoms with Gasteiger partial charge in [0.15, 0.2) is 0 Å². The van der Waals surface area contributed by atoms with Crippen LogP contribution < -0.4 is 10.0 Å². The smallest absolute Gasteiger partial charge is 0.310 e. The third-order valence-electron chi connectivity index (χ3n) is 2.43. The summed E-state index contributed by atoms with van der Waals surface area (Å²) in [5.74, 6) is -4.40. The van der Waals surface area contributed by atoms with Crippen molar-refractivity contribution in [2.75, 3.05) is 6.54 Å². The van der Waals surface area contributed by atoms with Gasteiger partial charge in [0.2, 0.25) is 10.0 Å². The zero-order valence-electron chi connectivity index (χ0n) is 11.4. The zero-order chi connectivity index (χ0) is 16.3. The Balaban J connectivity index is 2.71. The first-order valence-corrected chi connectivity index (χ1v) is 8.37. The average molecular weight is 348 g/mol. The Hall–Kier alpha value is -0.710. The van der Waals surface area contributed by atoms with E-state index in [-0.39, 0.29) is 10.3 Å². The Morgan fingerprint density at radius 1 is 1.33 bits per heavy atom.